The number of hydrogen-bond acceptors (Lipinski definition) is 5. The maximum absolute atomic E-state index is 15.0. The summed E-state index contributed by atoms with van der Waals surface area (Å²) in [5.74, 6) is -3.32. The number of benzene rings is 2. The highest BCUT2D eigenvalue weighted by atomic mass is 19.1. The number of pyridine rings is 1. The molecule has 1 aliphatic carbocycles. The Morgan fingerprint density at radius 3 is 2.38 bits per heavy atom. The van der Waals surface area contributed by atoms with Crippen molar-refractivity contribution >= 4 is 29.1 Å². The molecule has 5 rings (SSSR count). The number of hydrogen-bond donors (Lipinski definition) is 2. The standard InChI is InChI=1S/C29H26F2N4O4/c1-3-39-28(38)22-7-4-6-21(24(22)31)26(36)34-29(14-5-15-29)18-8-11-20(12-9-18)33-27(37)25-17(2)32-23-13-10-19(30)16-35(23)25/h4,6-13,16H,3,5,14-15H2,1-2H3,(H,33,37)(H,34,36). The van der Waals surface area contributed by atoms with E-state index in [4.69, 9.17) is 4.74 Å². The van der Waals surface area contributed by atoms with E-state index in [2.05, 4.69) is 15.6 Å². The van der Waals surface area contributed by atoms with Gasteiger partial charge in [-0.15, -0.1) is 0 Å². The molecule has 200 valence electrons. The Bertz CT molecular complexity index is 1590. The topological polar surface area (TPSA) is 102 Å². The molecule has 1 aliphatic rings. The molecule has 0 radical (unpaired) electrons. The van der Waals surface area contributed by atoms with Crippen LogP contribution < -0.4 is 10.6 Å². The molecule has 2 amide bonds. The quantitative estimate of drug-likeness (QED) is 0.320. The molecule has 0 saturated heterocycles. The van der Waals surface area contributed by atoms with Crippen molar-refractivity contribution in [3.8, 4) is 0 Å². The fourth-order valence-electron chi connectivity index (χ4n) is 4.85. The normalized spacial score (nSPS) is 13.9. The molecule has 2 heterocycles. The van der Waals surface area contributed by atoms with Gasteiger partial charge in [-0.25, -0.2) is 18.6 Å². The summed E-state index contributed by atoms with van der Waals surface area (Å²) >= 11 is 0. The lowest BCUT2D eigenvalue weighted by atomic mass is 9.71. The molecule has 2 N–H and O–H groups in total. The molecular weight excluding hydrogens is 506 g/mol. The van der Waals surface area contributed by atoms with Gasteiger partial charge < -0.3 is 15.4 Å². The number of halogens is 2. The van der Waals surface area contributed by atoms with Crippen LogP contribution in [0.4, 0.5) is 14.5 Å². The average molecular weight is 533 g/mol. The number of anilines is 1. The summed E-state index contributed by atoms with van der Waals surface area (Å²) in [5, 5.41) is 5.76. The van der Waals surface area contributed by atoms with Gasteiger partial charge in [0, 0.05) is 11.9 Å². The van der Waals surface area contributed by atoms with Gasteiger partial charge in [-0.3, -0.25) is 14.0 Å². The van der Waals surface area contributed by atoms with Crippen LogP contribution in [0.15, 0.2) is 60.8 Å². The third-order valence-corrected chi connectivity index (χ3v) is 6.97. The van der Waals surface area contributed by atoms with E-state index in [1.54, 1.807) is 38.1 Å². The molecule has 39 heavy (non-hydrogen) atoms. The molecule has 8 nitrogen and oxygen atoms in total. The van der Waals surface area contributed by atoms with Crippen LogP contribution in [-0.4, -0.2) is 33.8 Å². The molecule has 0 atom stereocenters. The fourth-order valence-corrected chi connectivity index (χ4v) is 4.85. The highest BCUT2D eigenvalue weighted by molar-refractivity contribution is 6.04. The zero-order valence-corrected chi connectivity index (χ0v) is 21.4. The Morgan fingerprint density at radius 2 is 1.72 bits per heavy atom. The highest BCUT2D eigenvalue weighted by Gasteiger charge is 2.40. The van der Waals surface area contributed by atoms with Crippen molar-refractivity contribution in [3.05, 3.63) is 101 Å². The molecule has 0 bridgehead atoms. The zero-order valence-electron chi connectivity index (χ0n) is 21.4. The lowest BCUT2D eigenvalue weighted by molar-refractivity contribution is 0.0520. The Hall–Kier alpha value is -4.60. The lowest BCUT2D eigenvalue weighted by Gasteiger charge is -2.43. The van der Waals surface area contributed by atoms with Gasteiger partial charge in [-0.2, -0.15) is 0 Å². The van der Waals surface area contributed by atoms with Gasteiger partial charge in [0.15, 0.2) is 0 Å². The Kier molecular flexibility index (Phi) is 6.86. The van der Waals surface area contributed by atoms with Gasteiger partial charge in [0.05, 0.1) is 29.0 Å². The molecule has 4 aromatic rings. The molecule has 2 aromatic heterocycles. The summed E-state index contributed by atoms with van der Waals surface area (Å²) in [6, 6.07) is 13.8. The van der Waals surface area contributed by atoms with Crippen molar-refractivity contribution < 1.29 is 27.9 Å². The summed E-state index contributed by atoms with van der Waals surface area (Å²) < 4.78 is 35.1. The van der Waals surface area contributed by atoms with E-state index >= 15 is 4.39 Å². The minimum atomic E-state index is -0.927. The maximum atomic E-state index is 15.0. The van der Waals surface area contributed by atoms with Gasteiger partial charge in [-0.05, 0) is 75.1 Å². The average Bonchev–Trinajstić information content (AvgIpc) is 3.21. The van der Waals surface area contributed by atoms with Crippen molar-refractivity contribution in [1.29, 1.82) is 0 Å². The van der Waals surface area contributed by atoms with Gasteiger partial charge in [0.2, 0.25) is 0 Å². The van der Waals surface area contributed by atoms with Crippen LogP contribution in [-0.2, 0) is 10.3 Å². The second kappa shape index (κ2) is 10.3. The molecule has 0 unspecified atom stereocenters. The minimum Gasteiger partial charge on any atom is -0.462 e. The number of amides is 2. The van der Waals surface area contributed by atoms with E-state index in [1.807, 2.05) is 0 Å². The van der Waals surface area contributed by atoms with Gasteiger partial charge in [-0.1, -0.05) is 18.2 Å². The van der Waals surface area contributed by atoms with E-state index in [0.717, 1.165) is 12.0 Å². The number of nitrogens with one attached hydrogen (secondary N) is 2. The van der Waals surface area contributed by atoms with Crippen molar-refractivity contribution in [2.45, 2.75) is 38.6 Å². The number of ether oxygens (including phenoxy) is 1. The van der Waals surface area contributed by atoms with Crippen molar-refractivity contribution in [3.63, 3.8) is 0 Å². The van der Waals surface area contributed by atoms with E-state index in [-0.39, 0.29) is 23.4 Å². The van der Waals surface area contributed by atoms with E-state index < -0.39 is 35.0 Å². The minimum absolute atomic E-state index is 0.0888. The Balaban J connectivity index is 1.34. The number of fused-ring (bicyclic) bond motifs is 1. The van der Waals surface area contributed by atoms with Gasteiger partial charge >= 0.3 is 5.97 Å². The Labute approximate surface area is 223 Å². The first-order valence-corrected chi connectivity index (χ1v) is 12.6. The summed E-state index contributed by atoms with van der Waals surface area (Å²) in [6.45, 7) is 3.38. The van der Waals surface area contributed by atoms with Crippen LogP contribution in [0.3, 0.4) is 0 Å². The number of imidazole rings is 1. The number of aryl methyl sites for hydroxylation is 1. The van der Waals surface area contributed by atoms with Crippen molar-refractivity contribution in [1.82, 2.24) is 14.7 Å². The summed E-state index contributed by atoms with van der Waals surface area (Å²) in [5.41, 5.74) is 1.21. The molecule has 0 aliphatic heterocycles. The van der Waals surface area contributed by atoms with Crippen LogP contribution >= 0.6 is 0 Å². The highest BCUT2D eigenvalue weighted by Crippen LogP contribution is 2.42. The molecule has 1 fully saturated rings. The zero-order chi connectivity index (χ0) is 27.7. The van der Waals surface area contributed by atoms with Crippen LogP contribution in [0.2, 0.25) is 0 Å². The summed E-state index contributed by atoms with van der Waals surface area (Å²) in [4.78, 5) is 42.5. The van der Waals surface area contributed by atoms with Gasteiger partial charge in [0.1, 0.15) is 23.0 Å². The number of rotatable bonds is 7. The lowest BCUT2D eigenvalue weighted by Crippen LogP contribution is -2.51. The maximum Gasteiger partial charge on any atom is 0.341 e. The van der Waals surface area contributed by atoms with E-state index in [1.165, 1.54) is 40.9 Å². The first-order chi connectivity index (χ1) is 18.7. The third-order valence-electron chi connectivity index (χ3n) is 6.97. The monoisotopic (exact) mass is 532 g/mol. The first-order valence-electron chi connectivity index (χ1n) is 12.6. The molecular formula is C29H26F2N4O4. The first kappa shape index (κ1) is 26.0. The predicted octanol–water partition coefficient (Wildman–Crippen LogP) is 5.16. The summed E-state index contributed by atoms with van der Waals surface area (Å²) in [6.07, 6.45) is 3.38. The van der Waals surface area contributed by atoms with Crippen molar-refractivity contribution in [2.24, 2.45) is 0 Å². The second-order valence-electron chi connectivity index (χ2n) is 9.43. The SMILES string of the molecule is CCOC(=O)c1cccc(C(=O)NC2(c3ccc(NC(=O)c4c(C)nc5ccc(F)cn45)cc3)CCC2)c1F. The molecule has 1 saturated carbocycles. The van der Waals surface area contributed by atoms with Crippen LogP contribution in [0.1, 0.15) is 68.6 Å². The number of carbonyl (C=O) groups excluding carboxylic acids is 3. The van der Waals surface area contributed by atoms with E-state index in [9.17, 15) is 18.8 Å². The predicted molar refractivity (Wildman–Crippen MR) is 140 cm³/mol. The molecule has 0 spiro atoms. The second-order valence-corrected chi connectivity index (χ2v) is 9.43. The van der Waals surface area contributed by atoms with Crippen LogP contribution in [0.5, 0.6) is 0 Å². The number of aromatic nitrogens is 2. The molecule has 2 aromatic carbocycles. The summed E-state index contributed by atoms with van der Waals surface area (Å²) in [7, 11) is 0. The van der Waals surface area contributed by atoms with Crippen LogP contribution in [0, 0.1) is 18.6 Å². The van der Waals surface area contributed by atoms with Gasteiger partial charge in [0.25, 0.3) is 11.8 Å². The van der Waals surface area contributed by atoms with Crippen molar-refractivity contribution in [2.75, 3.05) is 11.9 Å². The number of nitrogens with zero attached hydrogens (tertiary/aromatic N) is 2. The number of esters is 1. The third kappa shape index (κ3) is 4.85. The largest absolute Gasteiger partial charge is 0.462 e. The number of carbonyl (C=O) groups is 3. The smallest absolute Gasteiger partial charge is 0.341 e. The molecule has 10 heteroatoms. The van der Waals surface area contributed by atoms with Crippen LogP contribution in [0.25, 0.3) is 5.65 Å². The van der Waals surface area contributed by atoms with E-state index in [0.29, 0.717) is 29.9 Å². The Morgan fingerprint density at radius 1 is 1.00 bits per heavy atom. The fraction of sp³-hybridized carbons (Fsp3) is 0.241.